The quantitative estimate of drug-likeness (QED) is 0.753. The lowest BCUT2D eigenvalue weighted by Crippen LogP contribution is -2.36. The number of hydrogen-bond donors (Lipinski definition) is 0. The van der Waals surface area contributed by atoms with Gasteiger partial charge in [0.1, 0.15) is 0 Å². The molecule has 0 N–H and O–H groups in total. The van der Waals surface area contributed by atoms with E-state index in [2.05, 4.69) is 45.1 Å². The van der Waals surface area contributed by atoms with Crippen molar-refractivity contribution in [3.05, 3.63) is 29.8 Å². The van der Waals surface area contributed by atoms with Crippen molar-refractivity contribution in [3.63, 3.8) is 0 Å². The molecular formula is C11H14BrNO. The van der Waals surface area contributed by atoms with Gasteiger partial charge in [0.2, 0.25) is 0 Å². The lowest BCUT2D eigenvalue weighted by atomic mass is 10.2. The standard InChI is InChI=1S/C11H14BrNO/c12-9-10-2-1-3-11(8-10)13-4-6-14-7-5-13/h1-3,8H,4-7,9H2. The SMILES string of the molecule is BrCc1cccc(N2CCOCC2)c1. The van der Waals surface area contributed by atoms with Gasteiger partial charge in [-0.3, -0.25) is 0 Å². The van der Waals surface area contributed by atoms with Crippen molar-refractivity contribution >= 4 is 21.6 Å². The predicted molar refractivity (Wildman–Crippen MR) is 62.1 cm³/mol. The second kappa shape index (κ2) is 4.80. The van der Waals surface area contributed by atoms with E-state index in [4.69, 9.17) is 4.74 Å². The summed E-state index contributed by atoms with van der Waals surface area (Å²) < 4.78 is 5.33. The second-order valence-electron chi connectivity index (χ2n) is 3.40. The third-order valence-electron chi connectivity index (χ3n) is 2.44. The Bertz CT molecular complexity index is 297. The van der Waals surface area contributed by atoms with Gasteiger partial charge in [-0.15, -0.1) is 0 Å². The Balaban J connectivity index is 2.13. The molecule has 2 nitrogen and oxygen atoms in total. The van der Waals surface area contributed by atoms with Crippen molar-refractivity contribution < 1.29 is 4.74 Å². The smallest absolute Gasteiger partial charge is 0.0642 e. The maximum absolute atomic E-state index is 5.33. The van der Waals surface area contributed by atoms with Gasteiger partial charge in [-0.1, -0.05) is 28.1 Å². The van der Waals surface area contributed by atoms with Crippen LogP contribution in [-0.2, 0) is 10.1 Å². The molecule has 1 aromatic carbocycles. The van der Waals surface area contributed by atoms with Crippen molar-refractivity contribution in [2.24, 2.45) is 0 Å². The molecule has 3 heteroatoms. The molecule has 0 bridgehead atoms. The van der Waals surface area contributed by atoms with Gasteiger partial charge in [0.25, 0.3) is 0 Å². The van der Waals surface area contributed by atoms with Gasteiger partial charge < -0.3 is 9.64 Å². The van der Waals surface area contributed by atoms with Crippen LogP contribution in [0.25, 0.3) is 0 Å². The number of rotatable bonds is 2. The summed E-state index contributed by atoms with van der Waals surface area (Å²) in [6.45, 7) is 3.70. The predicted octanol–water partition coefficient (Wildman–Crippen LogP) is 2.42. The van der Waals surface area contributed by atoms with E-state index in [0.29, 0.717) is 0 Å². The molecule has 0 spiro atoms. The number of alkyl halides is 1. The molecule has 0 saturated carbocycles. The van der Waals surface area contributed by atoms with Crippen LogP contribution >= 0.6 is 15.9 Å². The first kappa shape index (κ1) is 9.99. The van der Waals surface area contributed by atoms with Gasteiger partial charge in [-0.2, -0.15) is 0 Å². The first-order chi connectivity index (χ1) is 6.90. The van der Waals surface area contributed by atoms with Crippen molar-refractivity contribution in [2.45, 2.75) is 5.33 Å². The van der Waals surface area contributed by atoms with E-state index in [0.717, 1.165) is 31.6 Å². The summed E-state index contributed by atoms with van der Waals surface area (Å²) in [6, 6.07) is 8.65. The monoisotopic (exact) mass is 255 g/mol. The molecule has 0 aromatic heterocycles. The molecule has 0 aliphatic carbocycles. The Labute approximate surface area is 93.0 Å². The highest BCUT2D eigenvalue weighted by Gasteiger charge is 2.10. The number of halogens is 1. The van der Waals surface area contributed by atoms with E-state index in [1.54, 1.807) is 0 Å². The van der Waals surface area contributed by atoms with Crippen LogP contribution in [0.4, 0.5) is 5.69 Å². The molecule has 0 atom stereocenters. The van der Waals surface area contributed by atoms with Gasteiger partial charge >= 0.3 is 0 Å². The Morgan fingerprint density at radius 3 is 2.79 bits per heavy atom. The van der Waals surface area contributed by atoms with Crippen molar-refractivity contribution in [1.82, 2.24) is 0 Å². The highest BCUT2D eigenvalue weighted by atomic mass is 79.9. The normalized spacial score (nSPS) is 17.1. The number of morpholine rings is 1. The van der Waals surface area contributed by atoms with E-state index in [9.17, 15) is 0 Å². The van der Waals surface area contributed by atoms with Crippen LogP contribution in [-0.4, -0.2) is 26.3 Å². The van der Waals surface area contributed by atoms with E-state index >= 15 is 0 Å². The molecule has 1 heterocycles. The summed E-state index contributed by atoms with van der Waals surface area (Å²) >= 11 is 3.47. The topological polar surface area (TPSA) is 12.5 Å². The summed E-state index contributed by atoms with van der Waals surface area (Å²) in [5, 5.41) is 0.922. The molecule has 1 aliphatic heterocycles. The Morgan fingerprint density at radius 2 is 2.07 bits per heavy atom. The van der Waals surface area contributed by atoms with E-state index in [1.807, 2.05) is 0 Å². The molecule has 0 amide bonds. The van der Waals surface area contributed by atoms with Crippen LogP contribution in [0.5, 0.6) is 0 Å². The molecule has 1 saturated heterocycles. The average molecular weight is 256 g/mol. The van der Waals surface area contributed by atoms with Gasteiger partial charge in [-0.25, -0.2) is 0 Å². The Kier molecular flexibility index (Phi) is 3.43. The fourth-order valence-corrected chi connectivity index (χ4v) is 2.01. The minimum Gasteiger partial charge on any atom is -0.378 e. The second-order valence-corrected chi connectivity index (χ2v) is 3.96. The van der Waals surface area contributed by atoms with Crippen LogP contribution in [0.2, 0.25) is 0 Å². The lowest BCUT2D eigenvalue weighted by molar-refractivity contribution is 0.122. The van der Waals surface area contributed by atoms with Crippen LogP contribution < -0.4 is 4.90 Å². The molecule has 2 rings (SSSR count). The van der Waals surface area contributed by atoms with E-state index < -0.39 is 0 Å². The maximum atomic E-state index is 5.33. The number of hydrogen-bond acceptors (Lipinski definition) is 2. The first-order valence-corrected chi connectivity index (χ1v) is 6.00. The zero-order valence-electron chi connectivity index (χ0n) is 8.08. The van der Waals surface area contributed by atoms with Crippen LogP contribution in [0, 0.1) is 0 Å². The zero-order chi connectivity index (χ0) is 9.80. The molecular weight excluding hydrogens is 242 g/mol. The summed E-state index contributed by atoms with van der Waals surface area (Å²) in [4.78, 5) is 2.37. The summed E-state index contributed by atoms with van der Waals surface area (Å²) in [7, 11) is 0. The largest absolute Gasteiger partial charge is 0.378 e. The first-order valence-electron chi connectivity index (χ1n) is 4.88. The molecule has 0 unspecified atom stereocenters. The fraction of sp³-hybridized carbons (Fsp3) is 0.455. The van der Waals surface area contributed by atoms with Gasteiger partial charge in [0, 0.05) is 24.1 Å². The maximum Gasteiger partial charge on any atom is 0.0642 e. The lowest BCUT2D eigenvalue weighted by Gasteiger charge is -2.29. The number of nitrogens with zero attached hydrogens (tertiary/aromatic N) is 1. The molecule has 76 valence electrons. The summed E-state index contributed by atoms with van der Waals surface area (Å²) in [5.41, 5.74) is 2.64. The zero-order valence-corrected chi connectivity index (χ0v) is 9.66. The number of benzene rings is 1. The minimum absolute atomic E-state index is 0.846. The van der Waals surface area contributed by atoms with Crippen LogP contribution in [0.1, 0.15) is 5.56 Å². The third kappa shape index (κ3) is 2.28. The average Bonchev–Trinajstić information content (AvgIpc) is 2.30. The summed E-state index contributed by atoms with van der Waals surface area (Å²) in [5.74, 6) is 0. The van der Waals surface area contributed by atoms with Gasteiger partial charge in [0.05, 0.1) is 13.2 Å². The number of ether oxygens (including phenoxy) is 1. The Morgan fingerprint density at radius 1 is 1.29 bits per heavy atom. The molecule has 1 aromatic rings. The van der Waals surface area contributed by atoms with Crippen molar-refractivity contribution in [2.75, 3.05) is 31.2 Å². The molecule has 1 aliphatic rings. The summed E-state index contributed by atoms with van der Waals surface area (Å²) in [6.07, 6.45) is 0. The highest BCUT2D eigenvalue weighted by Crippen LogP contribution is 2.18. The minimum atomic E-state index is 0.846. The fourth-order valence-electron chi connectivity index (χ4n) is 1.66. The van der Waals surface area contributed by atoms with Gasteiger partial charge in [-0.05, 0) is 17.7 Å². The van der Waals surface area contributed by atoms with Crippen LogP contribution in [0.15, 0.2) is 24.3 Å². The third-order valence-corrected chi connectivity index (χ3v) is 3.09. The molecule has 1 fully saturated rings. The number of anilines is 1. The van der Waals surface area contributed by atoms with Crippen LogP contribution in [0.3, 0.4) is 0 Å². The highest BCUT2D eigenvalue weighted by molar-refractivity contribution is 9.08. The molecule has 14 heavy (non-hydrogen) atoms. The Hall–Kier alpha value is -0.540. The molecule has 0 radical (unpaired) electrons. The van der Waals surface area contributed by atoms with E-state index in [-0.39, 0.29) is 0 Å². The van der Waals surface area contributed by atoms with Crippen molar-refractivity contribution in [3.8, 4) is 0 Å². The van der Waals surface area contributed by atoms with Crippen molar-refractivity contribution in [1.29, 1.82) is 0 Å². The van der Waals surface area contributed by atoms with Gasteiger partial charge in [0.15, 0.2) is 0 Å². The van der Waals surface area contributed by atoms with E-state index in [1.165, 1.54) is 11.3 Å².